The van der Waals surface area contributed by atoms with E-state index in [0.717, 1.165) is 19.3 Å². The highest BCUT2D eigenvalue weighted by atomic mass is 16.4. The Bertz CT molecular complexity index is 309. The molecule has 0 unspecified atom stereocenters. The quantitative estimate of drug-likeness (QED) is 0.690. The second kappa shape index (κ2) is 6.18. The van der Waals surface area contributed by atoms with Crippen molar-refractivity contribution < 1.29 is 14.7 Å². The molecule has 0 aromatic rings. The van der Waals surface area contributed by atoms with Crippen molar-refractivity contribution in [2.75, 3.05) is 0 Å². The lowest BCUT2D eigenvalue weighted by Crippen LogP contribution is -2.59. The van der Waals surface area contributed by atoms with Crippen molar-refractivity contribution in [2.45, 2.75) is 64.0 Å². The predicted molar refractivity (Wildman–Crippen MR) is 69.0 cm³/mol. The second-order valence-electron chi connectivity index (χ2n) is 5.24. The number of aliphatic carboxylic acids is 1. The molecule has 1 amide bonds. The number of carbonyl (C=O) groups is 2. The molecule has 0 radical (unpaired) electrons. The molecule has 0 saturated heterocycles. The van der Waals surface area contributed by atoms with Gasteiger partial charge in [0.25, 0.3) is 0 Å². The lowest BCUT2D eigenvalue weighted by molar-refractivity contribution is -0.150. The van der Waals surface area contributed by atoms with Crippen LogP contribution >= 0.6 is 0 Å². The lowest BCUT2D eigenvalue weighted by atomic mass is 9.75. The monoisotopic (exact) mass is 256 g/mol. The Morgan fingerprint density at radius 1 is 1.39 bits per heavy atom. The van der Waals surface area contributed by atoms with Crippen molar-refractivity contribution >= 4 is 11.9 Å². The molecule has 0 aromatic heterocycles. The third kappa shape index (κ3) is 3.22. The first-order chi connectivity index (χ1) is 8.45. The van der Waals surface area contributed by atoms with E-state index in [9.17, 15) is 14.7 Å². The van der Waals surface area contributed by atoms with Crippen LogP contribution in [0.25, 0.3) is 0 Å². The number of amides is 1. The average molecular weight is 256 g/mol. The van der Waals surface area contributed by atoms with Crippen LogP contribution in [0, 0.1) is 5.92 Å². The summed E-state index contributed by atoms with van der Waals surface area (Å²) in [6.45, 7) is 3.93. The maximum atomic E-state index is 11.8. The van der Waals surface area contributed by atoms with Crippen LogP contribution in [0.3, 0.4) is 0 Å². The molecule has 18 heavy (non-hydrogen) atoms. The van der Waals surface area contributed by atoms with Gasteiger partial charge in [-0.05, 0) is 38.0 Å². The first-order valence-corrected chi connectivity index (χ1v) is 6.76. The summed E-state index contributed by atoms with van der Waals surface area (Å²) in [6, 6.07) is -0.620. The summed E-state index contributed by atoms with van der Waals surface area (Å²) >= 11 is 0. The molecule has 1 rings (SSSR count). The number of nitrogens with two attached hydrogens (primary N) is 1. The minimum absolute atomic E-state index is 0.352. The van der Waals surface area contributed by atoms with Gasteiger partial charge in [-0.2, -0.15) is 0 Å². The fraction of sp³-hybridized carbons (Fsp3) is 0.846. The molecule has 0 aromatic carbocycles. The van der Waals surface area contributed by atoms with Gasteiger partial charge in [-0.1, -0.05) is 20.3 Å². The smallest absolute Gasteiger partial charge is 0.329 e. The van der Waals surface area contributed by atoms with E-state index in [-0.39, 0.29) is 5.91 Å². The zero-order valence-electron chi connectivity index (χ0n) is 11.2. The Morgan fingerprint density at radius 3 is 2.33 bits per heavy atom. The third-order valence-corrected chi connectivity index (χ3v) is 4.08. The fourth-order valence-corrected chi connectivity index (χ4v) is 2.48. The fourth-order valence-electron chi connectivity index (χ4n) is 2.48. The minimum atomic E-state index is -1.10. The van der Waals surface area contributed by atoms with E-state index in [1.165, 1.54) is 0 Å². The topological polar surface area (TPSA) is 92.4 Å². The van der Waals surface area contributed by atoms with Gasteiger partial charge in [0.15, 0.2) is 0 Å². The summed E-state index contributed by atoms with van der Waals surface area (Å²) in [4.78, 5) is 23.3. The van der Waals surface area contributed by atoms with Crippen molar-refractivity contribution in [3.05, 3.63) is 0 Å². The van der Waals surface area contributed by atoms with Crippen molar-refractivity contribution in [3.63, 3.8) is 0 Å². The SMILES string of the molecule is CCC1CCC(NC(=O)[C@@H](N)CC)(C(=O)O)CC1. The molecule has 1 fully saturated rings. The van der Waals surface area contributed by atoms with Crippen LogP contribution in [0.1, 0.15) is 52.4 Å². The molecule has 5 heteroatoms. The molecule has 104 valence electrons. The second-order valence-corrected chi connectivity index (χ2v) is 5.24. The summed E-state index contributed by atoms with van der Waals surface area (Å²) in [7, 11) is 0. The van der Waals surface area contributed by atoms with E-state index in [0.29, 0.717) is 25.2 Å². The van der Waals surface area contributed by atoms with Gasteiger partial charge in [0.05, 0.1) is 6.04 Å². The summed E-state index contributed by atoms with van der Waals surface area (Å²) in [6.07, 6.45) is 4.29. The number of hydrogen-bond donors (Lipinski definition) is 3. The maximum Gasteiger partial charge on any atom is 0.329 e. The van der Waals surface area contributed by atoms with E-state index >= 15 is 0 Å². The summed E-state index contributed by atoms with van der Waals surface area (Å²) in [5.74, 6) is -0.710. The van der Waals surface area contributed by atoms with Gasteiger partial charge in [0, 0.05) is 0 Å². The molecule has 1 atom stereocenters. The molecule has 0 aliphatic heterocycles. The zero-order chi connectivity index (χ0) is 13.8. The number of carboxylic acid groups (broad SMARTS) is 1. The van der Waals surface area contributed by atoms with E-state index in [4.69, 9.17) is 5.73 Å². The zero-order valence-corrected chi connectivity index (χ0v) is 11.2. The normalized spacial score (nSPS) is 29.6. The third-order valence-electron chi connectivity index (χ3n) is 4.08. The van der Waals surface area contributed by atoms with Crippen molar-refractivity contribution in [1.29, 1.82) is 0 Å². The number of nitrogens with one attached hydrogen (secondary N) is 1. The molecule has 1 saturated carbocycles. The van der Waals surface area contributed by atoms with Gasteiger partial charge < -0.3 is 16.2 Å². The van der Waals surface area contributed by atoms with Crippen LogP contribution in [0.5, 0.6) is 0 Å². The first kappa shape index (κ1) is 15.0. The van der Waals surface area contributed by atoms with E-state index in [1.54, 1.807) is 0 Å². The lowest BCUT2D eigenvalue weighted by Gasteiger charge is -2.37. The van der Waals surface area contributed by atoms with Gasteiger partial charge in [-0.3, -0.25) is 4.79 Å². The Morgan fingerprint density at radius 2 is 1.94 bits per heavy atom. The summed E-state index contributed by atoms with van der Waals surface area (Å²) in [5, 5.41) is 12.1. The highest BCUT2D eigenvalue weighted by Gasteiger charge is 2.43. The van der Waals surface area contributed by atoms with Gasteiger partial charge in [-0.25, -0.2) is 4.79 Å². The number of carboxylic acids is 1. The van der Waals surface area contributed by atoms with Crippen molar-refractivity contribution in [2.24, 2.45) is 11.7 Å². The molecule has 5 nitrogen and oxygen atoms in total. The Labute approximate surface area is 108 Å². The molecular weight excluding hydrogens is 232 g/mol. The number of carbonyl (C=O) groups excluding carboxylic acids is 1. The first-order valence-electron chi connectivity index (χ1n) is 6.76. The van der Waals surface area contributed by atoms with Gasteiger partial charge >= 0.3 is 5.97 Å². The molecule has 1 aliphatic rings. The molecule has 0 bridgehead atoms. The van der Waals surface area contributed by atoms with Crippen LogP contribution < -0.4 is 11.1 Å². The molecule has 0 spiro atoms. The van der Waals surface area contributed by atoms with Gasteiger partial charge in [0.1, 0.15) is 5.54 Å². The Hall–Kier alpha value is -1.10. The summed E-state index contributed by atoms with van der Waals surface area (Å²) < 4.78 is 0. The van der Waals surface area contributed by atoms with Gasteiger partial charge in [-0.15, -0.1) is 0 Å². The van der Waals surface area contributed by atoms with Crippen molar-refractivity contribution in [1.82, 2.24) is 5.32 Å². The largest absolute Gasteiger partial charge is 0.480 e. The van der Waals surface area contributed by atoms with Crippen LogP contribution in [-0.4, -0.2) is 28.6 Å². The van der Waals surface area contributed by atoms with Crippen LogP contribution in [0.15, 0.2) is 0 Å². The number of rotatable bonds is 5. The number of hydrogen-bond acceptors (Lipinski definition) is 3. The Balaban J connectivity index is 2.71. The van der Waals surface area contributed by atoms with E-state index < -0.39 is 17.6 Å². The average Bonchev–Trinajstić information content (AvgIpc) is 2.38. The van der Waals surface area contributed by atoms with Crippen LogP contribution in [0.2, 0.25) is 0 Å². The standard InChI is InChI=1S/C13H24N2O3/c1-3-9-5-7-13(8-6-9,12(17)18)15-11(16)10(14)4-2/h9-10H,3-8,14H2,1-2H3,(H,15,16)(H,17,18)/t9?,10-,13?/m0/s1. The molecule has 4 N–H and O–H groups in total. The van der Waals surface area contributed by atoms with E-state index in [2.05, 4.69) is 12.2 Å². The van der Waals surface area contributed by atoms with E-state index in [1.807, 2.05) is 6.92 Å². The summed E-state index contributed by atoms with van der Waals surface area (Å²) in [5.41, 5.74) is 4.54. The maximum absolute atomic E-state index is 11.8. The Kier molecular flexibility index (Phi) is 5.14. The molecule has 1 aliphatic carbocycles. The van der Waals surface area contributed by atoms with Crippen LogP contribution in [0.4, 0.5) is 0 Å². The van der Waals surface area contributed by atoms with Crippen molar-refractivity contribution in [3.8, 4) is 0 Å². The molecular formula is C13H24N2O3. The predicted octanol–water partition coefficient (Wildman–Crippen LogP) is 1.26. The highest BCUT2D eigenvalue weighted by molar-refractivity contribution is 5.89. The van der Waals surface area contributed by atoms with Gasteiger partial charge in [0.2, 0.25) is 5.91 Å². The van der Waals surface area contributed by atoms with Crippen LogP contribution in [-0.2, 0) is 9.59 Å². The highest BCUT2D eigenvalue weighted by Crippen LogP contribution is 2.34. The molecule has 0 heterocycles. The minimum Gasteiger partial charge on any atom is -0.480 e.